The minimum Gasteiger partial charge on any atom is -0.325 e. The van der Waals surface area contributed by atoms with Crippen molar-refractivity contribution in [3.63, 3.8) is 0 Å². The van der Waals surface area contributed by atoms with Gasteiger partial charge in [0, 0.05) is 21.4 Å². The minimum atomic E-state index is -0.168. The Morgan fingerprint density at radius 1 is 1.05 bits per heavy atom. The molecule has 3 rings (SSSR count). The van der Waals surface area contributed by atoms with Gasteiger partial charge in [-0.05, 0) is 58.5 Å². The number of hydrogen-bond donors (Lipinski definition) is 1. The van der Waals surface area contributed by atoms with Gasteiger partial charge in [-0.25, -0.2) is 0 Å². The second-order valence-corrected chi connectivity index (χ2v) is 6.12. The third-order valence-electron chi connectivity index (χ3n) is 3.37. The first-order valence-corrected chi connectivity index (χ1v) is 7.64. The molecule has 2 amide bonds. The van der Waals surface area contributed by atoms with Crippen LogP contribution in [0.2, 0.25) is 0 Å². The number of carbonyl (C=O) groups excluding carboxylic acids is 2. The Kier molecular flexibility index (Phi) is 3.92. The smallest absolute Gasteiger partial charge is 0.254 e. The molecule has 1 aliphatic heterocycles. The maximum atomic E-state index is 12.6. The molecule has 0 spiro atoms. The molecule has 0 bridgehead atoms. The molecule has 0 atom stereocenters. The number of fused-ring (bicyclic) bond motifs is 1. The molecule has 0 aliphatic carbocycles. The summed E-state index contributed by atoms with van der Waals surface area (Å²) in [6.45, 7) is 0.499. The highest BCUT2D eigenvalue weighted by Crippen LogP contribution is 2.21. The van der Waals surface area contributed by atoms with E-state index in [0.29, 0.717) is 12.1 Å². The van der Waals surface area contributed by atoms with Crippen molar-refractivity contribution >= 4 is 40.1 Å². The van der Waals surface area contributed by atoms with Crippen LogP contribution in [0.4, 0.5) is 5.69 Å². The first-order chi connectivity index (χ1) is 10.1. The molecule has 1 heterocycles. The molecule has 0 radical (unpaired) electrons. The number of carbonyl (C=O) groups is 2. The van der Waals surface area contributed by atoms with E-state index in [-0.39, 0.29) is 18.4 Å². The van der Waals surface area contributed by atoms with Crippen molar-refractivity contribution in [2.75, 3.05) is 11.9 Å². The van der Waals surface area contributed by atoms with Gasteiger partial charge in [-0.2, -0.15) is 0 Å². The van der Waals surface area contributed by atoms with Gasteiger partial charge >= 0.3 is 0 Å². The summed E-state index contributed by atoms with van der Waals surface area (Å²) in [5.41, 5.74) is 2.32. The fourth-order valence-electron chi connectivity index (χ4n) is 2.32. The summed E-state index contributed by atoms with van der Waals surface area (Å²) in [5.74, 6) is -0.294. The monoisotopic (exact) mass is 392 g/mol. The standard InChI is InChI=1S/C16H13IN2O2/c17-13-7-5-11(6-8-13)16(21)19-9-12-3-1-2-4-14(12)18-15(20)10-19/h1-8H,9-10H2,(H,18,20). The Morgan fingerprint density at radius 2 is 1.76 bits per heavy atom. The largest absolute Gasteiger partial charge is 0.325 e. The Labute approximate surface area is 136 Å². The first kappa shape index (κ1) is 14.1. The van der Waals surface area contributed by atoms with Gasteiger partial charge < -0.3 is 10.2 Å². The molecule has 0 fully saturated rings. The van der Waals surface area contributed by atoms with Gasteiger partial charge in [-0.1, -0.05) is 18.2 Å². The Morgan fingerprint density at radius 3 is 2.52 bits per heavy atom. The van der Waals surface area contributed by atoms with E-state index in [4.69, 9.17) is 0 Å². The maximum absolute atomic E-state index is 12.6. The summed E-state index contributed by atoms with van der Waals surface area (Å²) in [6.07, 6.45) is 0. The van der Waals surface area contributed by atoms with Gasteiger partial charge in [0.05, 0.1) is 0 Å². The number of hydrogen-bond acceptors (Lipinski definition) is 2. The van der Waals surface area contributed by atoms with Crippen LogP contribution < -0.4 is 5.32 Å². The SMILES string of the molecule is O=C1CN(C(=O)c2ccc(I)cc2)Cc2ccccc2N1. The highest BCUT2D eigenvalue weighted by Gasteiger charge is 2.23. The topological polar surface area (TPSA) is 49.4 Å². The van der Waals surface area contributed by atoms with Crippen molar-refractivity contribution in [1.82, 2.24) is 4.90 Å². The van der Waals surface area contributed by atoms with Gasteiger partial charge in [0.1, 0.15) is 6.54 Å². The molecule has 1 aliphatic rings. The molecular weight excluding hydrogens is 379 g/mol. The number of halogens is 1. The lowest BCUT2D eigenvalue weighted by molar-refractivity contribution is -0.116. The van der Waals surface area contributed by atoms with Crippen LogP contribution >= 0.6 is 22.6 Å². The molecule has 4 nitrogen and oxygen atoms in total. The predicted molar refractivity (Wildman–Crippen MR) is 89.0 cm³/mol. The minimum absolute atomic E-state index is 0.0689. The normalized spacial score (nSPS) is 14.1. The third-order valence-corrected chi connectivity index (χ3v) is 4.08. The van der Waals surface area contributed by atoms with E-state index in [1.807, 2.05) is 36.4 Å². The number of para-hydroxylation sites is 1. The van der Waals surface area contributed by atoms with E-state index >= 15 is 0 Å². The highest BCUT2D eigenvalue weighted by molar-refractivity contribution is 14.1. The molecule has 2 aromatic carbocycles. The second-order valence-electron chi connectivity index (χ2n) is 4.87. The molecular formula is C16H13IN2O2. The molecule has 21 heavy (non-hydrogen) atoms. The molecule has 0 saturated heterocycles. The molecule has 1 N–H and O–H groups in total. The van der Waals surface area contributed by atoms with Crippen LogP contribution in [0.3, 0.4) is 0 Å². The van der Waals surface area contributed by atoms with Crippen LogP contribution in [0.15, 0.2) is 48.5 Å². The van der Waals surface area contributed by atoms with Crippen LogP contribution in [0.5, 0.6) is 0 Å². The molecule has 0 saturated carbocycles. The molecule has 5 heteroatoms. The fourth-order valence-corrected chi connectivity index (χ4v) is 2.68. The van der Waals surface area contributed by atoms with Gasteiger partial charge in [0.2, 0.25) is 5.91 Å². The molecule has 0 unspecified atom stereocenters. The quantitative estimate of drug-likeness (QED) is 0.759. The lowest BCUT2D eigenvalue weighted by Crippen LogP contribution is -2.35. The van der Waals surface area contributed by atoms with Crippen LogP contribution in [0, 0.1) is 3.57 Å². The van der Waals surface area contributed by atoms with Crippen molar-refractivity contribution < 1.29 is 9.59 Å². The van der Waals surface area contributed by atoms with E-state index in [1.165, 1.54) is 0 Å². The van der Waals surface area contributed by atoms with E-state index in [0.717, 1.165) is 14.8 Å². The number of amides is 2. The van der Waals surface area contributed by atoms with Crippen molar-refractivity contribution in [3.05, 3.63) is 63.2 Å². The van der Waals surface area contributed by atoms with Gasteiger partial charge in [-0.15, -0.1) is 0 Å². The van der Waals surface area contributed by atoms with Gasteiger partial charge in [0.25, 0.3) is 5.91 Å². The van der Waals surface area contributed by atoms with E-state index < -0.39 is 0 Å². The predicted octanol–water partition coefficient (Wildman–Crippen LogP) is 2.89. The van der Waals surface area contributed by atoms with Gasteiger partial charge in [0.15, 0.2) is 0 Å². The number of nitrogens with zero attached hydrogens (tertiary/aromatic N) is 1. The lowest BCUT2D eigenvalue weighted by atomic mass is 10.1. The average molecular weight is 392 g/mol. The highest BCUT2D eigenvalue weighted by atomic mass is 127. The summed E-state index contributed by atoms with van der Waals surface area (Å²) < 4.78 is 1.07. The van der Waals surface area contributed by atoms with Crippen molar-refractivity contribution in [2.24, 2.45) is 0 Å². The molecule has 0 aromatic heterocycles. The van der Waals surface area contributed by atoms with Crippen LogP contribution in [0.25, 0.3) is 0 Å². The number of nitrogens with one attached hydrogen (secondary N) is 1. The summed E-state index contributed by atoms with van der Waals surface area (Å²) in [5, 5.41) is 2.83. The lowest BCUT2D eigenvalue weighted by Gasteiger charge is -2.19. The summed E-state index contributed by atoms with van der Waals surface area (Å²) in [4.78, 5) is 26.1. The molecule has 106 valence electrons. The first-order valence-electron chi connectivity index (χ1n) is 6.56. The summed E-state index contributed by atoms with van der Waals surface area (Å²) in [7, 11) is 0. The fraction of sp³-hybridized carbons (Fsp3) is 0.125. The number of anilines is 1. The number of rotatable bonds is 1. The Hall–Kier alpha value is -1.89. The zero-order valence-electron chi connectivity index (χ0n) is 11.2. The van der Waals surface area contributed by atoms with Crippen molar-refractivity contribution in [1.29, 1.82) is 0 Å². The van der Waals surface area contributed by atoms with E-state index in [2.05, 4.69) is 27.9 Å². The van der Waals surface area contributed by atoms with E-state index in [1.54, 1.807) is 17.0 Å². The third kappa shape index (κ3) is 3.07. The average Bonchev–Trinajstić information content (AvgIpc) is 2.65. The second kappa shape index (κ2) is 5.85. The van der Waals surface area contributed by atoms with Crippen molar-refractivity contribution in [3.8, 4) is 0 Å². The Balaban J connectivity index is 1.90. The summed E-state index contributed by atoms with van der Waals surface area (Å²) >= 11 is 2.20. The van der Waals surface area contributed by atoms with E-state index in [9.17, 15) is 9.59 Å². The maximum Gasteiger partial charge on any atom is 0.254 e. The van der Waals surface area contributed by atoms with Gasteiger partial charge in [-0.3, -0.25) is 9.59 Å². The zero-order valence-corrected chi connectivity index (χ0v) is 13.3. The summed E-state index contributed by atoms with van der Waals surface area (Å²) in [6, 6.07) is 14.9. The Bertz CT molecular complexity index is 698. The molecule has 2 aromatic rings. The van der Waals surface area contributed by atoms with Crippen LogP contribution in [-0.4, -0.2) is 23.3 Å². The van der Waals surface area contributed by atoms with Crippen LogP contribution in [-0.2, 0) is 11.3 Å². The zero-order chi connectivity index (χ0) is 14.8. The van der Waals surface area contributed by atoms with Crippen molar-refractivity contribution in [2.45, 2.75) is 6.54 Å². The van der Waals surface area contributed by atoms with Crippen LogP contribution in [0.1, 0.15) is 15.9 Å². The number of benzene rings is 2.